The number of piperazine rings is 1. The van der Waals surface area contributed by atoms with Crippen molar-refractivity contribution >= 4 is 17.4 Å². The number of hydrogen-bond acceptors (Lipinski definition) is 4. The Balaban J connectivity index is 1.49. The molecule has 3 rings (SSSR count). The summed E-state index contributed by atoms with van der Waals surface area (Å²) in [4.78, 5) is 21.2. The fraction of sp³-hybridized carbons (Fsp3) is 0.455. The van der Waals surface area contributed by atoms with E-state index in [0.29, 0.717) is 12.3 Å². The minimum absolute atomic E-state index is 0.0456. The highest BCUT2D eigenvalue weighted by molar-refractivity contribution is 5.90. The summed E-state index contributed by atoms with van der Waals surface area (Å²) in [5.41, 5.74) is 3.44. The van der Waals surface area contributed by atoms with Crippen LogP contribution in [0.5, 0.6) is 0 Å². The molecule has 1 aliphatic rings. The lowest BCUT2D eigenvalue weighted by Gasteiger charge is -2.35. The Labute approximate surface area is 162 Å². The molecule has 1 N–H and O–H groups in total. The second-order valence-corrected chi connectivity index (χ2v) is 7.80. The normalized spacial score (nSPS) is 15.2. The van der Waals surface area contributed by atoms with Crippen LogP contribution < -0.4 is 10.2 Å². The van der Waals surface area contributed by atoms with Gasteiger partial charge >= 0.3 is 0 Å². The summed E-state index contributed by atoms with van der Waals surface area (Å²) < 4.78 is 0. The molecule has 0 bridgehead atoms. The first-order valence-corrected chi connectivity index (χ1v) is 9.78. The van der Waals surface area contributed by atoms with Crippen LogP contribution in [-0.4, -0.2) is 42.0 Å². The average Bonchev–Trinajstić information content (AvgIpc) is 2.64. The average molecular weight is 367 g/mol. The summed E-state index contributed by atoms with van der Waals surface area (Å²) in [5.74, 6) is 1.38. The molecule has 1 aromatic heterocycles. The number of aryl methyl sites for hydroxylation is 1. The van der Waals surface area contributed by atoms with E-state index in [1.165, 1.54) is 11.1 Å². The van der Waals surface area contributed by atoms with E-state index in [1.807, 2.05) is 26.0 Å². The highest BCUT2D eigenvalue weighted by Crippen LogP contribution is 2.18. The Hall–Kier alpha value is -2.40. The van der Waals surface area contributed by atoms with Crippen molar-refractivity contribution in [2.75, 3.05) is 36.4 Å². The van der Waals surface area contributed by atoms with Crippen molar-refractivity contribution in [1.82, 2.24) is 9.88 Å². The van der Waals surface area contributed by atoms with Gasteiger partial charge in [0, 0.05) is 39.1 Å². The molecule has 0 spiro atoms. The number of benzene rings is 1. The molecule has 5 heteroatoms. The van der Waals surface area contributed by atoms with E-state index in [4.69, 9.17) is 0 Å². The van der Waals surface area contributed by atoms with Gasteiger partial charge in [0.05, 0.1) is 11.9 Å². The highest BCUT2D eigenvalue weighted by Gasteiger charge is 2.18. The number of amides is 1. The molecule has 1 amide bonds. The Morgan fingerprint density at radius 2 is 1.78 bits per heavy atom. The summed E-state index contributed by atoms with van der Waals surface area (Å²) in [6.45, 7) is 11.2. The van der Waals surface area contributed by atoms with Gasteiger partial charge in [-0.15, -0.1) is 0 Å². The van der Waals surface area contributed by atoms with E-state index in [1.54, 1.807) is 6.20 Å². The van der Waals surface area contributed by atoms with Crippen molar-refractivity contribution in [1.29, 1.82) is 0 Å². The fourth-order valence-electron chi connectivity index (χ4n) is 3.32. The van der Waals surface area contributed by atoms with Crippen molar-refractivity contribution in [2.24, 2.45) is 5.92 Å². The van der Waals surface area contributed by atoms with Gasteiger partial charge in [0.15, 0.2) is 0 Å². The molecule has 0 radical (unpaired) electrons. The second-order valence-electron chi connectivity index (χ2n) is 7.80. The summed E-state index contributed by atoms with van der Waals surface area (Å²) >= 11 is 0. The lowest BCUT2D eigenvalue weighted by molar-refractivity contribution is -0.116. The van der Waals surface area contributed by atoms with Gasteiger partial charge < -0.3 is 10.2 Å². The van der Waals surface area contributed by atoms with Crippen LogP contribution in [0.1, 0.15) is 31.4 Å². The number of nitrogens with zero attached hydrogens (tertiary/aromatic N) is 3. The molecule has 1 saturated heterocycles. The van der Waals surface area contributed by atoms with Crippen LogP contribution in [0.15, 0.2) is 42.6 Å². The number of aromatic nitrogens is 1. The van der Waals surface area contributed by atoms with Gasteiger partial charge in [-0.2, -0.15) is 0 Å². The van der Waals surface area contributed by atoms with Crippen LogP contribution in [0, 0.1) is 12.8 Å². The molecule has 1 fully saturated rings. The van der Waals surface area contributed by atoms with Crippen LogP contribution >= 0.6 is 0 Å². The van der Waals surface area contributed by atoms with Crippen LogP contribution in [0.2, 0.25) is 0 Å². The number of nitrogens with one attached hydrogen (secondary N) is 1. The van der Waals surface area contributed by atoms with Crippen LogP contribution in [0.3, 0.4) is 0 Å². The minimum atomic E-state index is 0.0456. The molecule has 0 unspecified atom stereocenters. The van der Waals surface area contributed by atoms with Crippen LogP contribution in [0.25, 0.3) is 0 Å². The maximum absolute atomic E-state index is 11.9. The van der Waals surface area contributed by atoms with E-state index < -0.39 is 0 Å². The summed E-state index contributed by atoms with van der Waals surface area (Å²) in [5, 5.41) is 2.91. The van der Waals surface area contributed by atoms with Crippen molar-refractivity contribution in [3.8, 4) is 0 Å². The summed E-state index contributed by atoms with van der Waals surface area (Å²) in [6, 6.07) is 12.7. The number of carbonyl (C=O) groups is 1. The van der Waals surface area contributed by atoms with Crippen molar-refractivity contribution in [3.05, 3.63) is 53.7 Å². The zero-order valence-electron chi connectivity index (χ0n) is 16.6. The SMILES string of the molecule is Cc1ccc(CN2CCN(c3ccc(NC(=O)CC(C)C)cn3)CC2)cc1. The van der Waals surface area contributed by atoms with Gasteiger partial charge in [0.1, 0.15) is 5.82 Å². The van der Waals surface area contributed by atoms with Gasteiger partial charge in [-0.3, -0.25) is 9.69 Å². The van der Waals surface area contributed by atoms with Gasteiger partial charge in [0.25, 0.3) is 0 Å². The van der Waals surface area contributed by atoms with E-state index in [0.717, 1.165) is 44.2 Å². The van der Waals surface area contributed by atoms with Gasteiger partial charge in [-0.05, 0) is 30.5 Å². The summed E-state index contributed by atoms with van der Waals surface area (Å²) in [7, 11) is 0. The molecule has 0 saturated carbocycles. The zero-order chi connectivity index (χ0) is 19.2. The van der Waals surface area contributed by atoms with Crippen molar-refractivity contribution < 1.29 is 4.79 Å². The number of carbonyl (C=O) groups excluding carboxylic acids is 1. The van der Waals surface area contributed by atoms with Crippen molar-refractivity contribution in [2.45, 2.75) is 33.7 Å². The Kier molecular flexibility index (Phi) is 6.45. The highest BCUT2D eigenvalue weighted by atomic mass is 16.1. The van der Waals surface area contributed by atoms with E-state index in [2.05, 4.69) is 51.3 Å². The number of rotatable bonds is 6. The number of pyridine rings is 1. The molecular weight excluding hydrogens is 336 g/mol. The molecule has 27 heavy (non-hydrogen) atoms. The van der Waals surface area contributed by atoms with Crippen LogP contribution in [0.4, 0.5) is 11.5 Å². The maximum Gasteiger partial charge on any atom is 0.224 e. The fourth-order valence-corrected chi connectivity index (χ4v) is 3.32. The van der Waals surface area contributed by atoms with Crippen molar-refractivity contribution in [3.63, 3.8) is 0 Å². The standard InChI is InChI=1S/C22H30N4O/c1-17(2)14-22(27)24-20-8-9-21(23-15-20)26-12-10-25(11-13-26)16-19-6-4-18(3)5-7-19/h4-9,15,17H,10-14,16H2,1-3H3,(H,24,27). The van der Waals surface area contributed by atoms with E-state index in [9.17, 15) is 4.79 Å². The largest absolute Gasteiger partial charge is 0.354 e. The number of hydrogen-bond donors (Lipinski definition) is 1. The smallest absolute Gasteiger partial charge is 0.224 e. The maximum atomic E-state index is 11.9. The van der Waals surface area contributed by atoms with Gasteiger partial charge in [-0.1, -0.05) is 43.7 Å². The molecule has 2 heterocycles. The predicted octanol–water partition coefficient (Wildman–Crippen LogP) is 3.70. The Bertz CT molecular complexity index is 732. The quantitative estimate of drug-likeness (QED) is 0.847. The summed E-state index contributed by atoms with van der Waals surface area (Å²) in [6.07, 6.45) is 2.29. The van der Waals surface area contributed by atoms with E-state index >= 15 is 0 Å². The predicted molar refractivity (Wildman–Crippen MR) is 111 cm³/mol. The minimum Gasteiger partial charge on any atom is -0.354 e. The Morgan fingerprint density at radius 3 is 2.37 bits per heavy atom. The Morgan fingerprint density at radius 1 is 1.07 bits per heavy atom. The topological polar surface area (TPSA) is 48.5 Å². The first-order chi connectivity index (χ1) is 13.0. The third-order valence-electron chi connectivity index (χ3n) is 4.85. The third-order valence-corrected chi connectivity index (χ3v) is 4.85. The first kappa shape index (κ1) is 19.4. The molecular formula is C22H30N4O. The first-order valence-electron chi connectivity index (χ1n) is 9.78. The van der Waals surface area contributed by atoms with E-state index in [-0.39, 0.29) is 5.91 Å². The van der Waals surface area contributed by atoms with Gasteiger partial charge in [0.2, 0.25) is 5.91 Å². The van der Waals surface area contributed by atoms with Crippen LogP contribution in [-0.2, 0) is 11.3 Å². The monoisotopic (exact) mass is 366 g/mol. The molecule has 1 aliphatic heterocycles. The molecule has 2 aromatic rings. The number of anilines is 2. The molecule has 144 valence electrons. The molecule has 1 aromatic carbocycles. The zero-order valence-corrected chi connectivity index (χ0v) is 16.6. The molecule has 0 atom stereocenters. The molecule has 5 nitrogen and oxygen atoms in total. The lowest BCUT2D eigenvalue weighted by Crippen LogP contribution is -2.46. The lowest BCUT2D eigenvalue weighted by atomic mass is 10.1. The second kappa shape index (κ2) is 9.00. The molecule has 0 aliphatic carbocycles. The van der Waals surface area contributed by atoms with Gasteiger partial charge in [-0.25, -0.2) is 4.98 Å². The third kappa shape index (κ3) is 5.79.